The zero-order chi connectivity index (χ0) is 9.90. The molecule has 1 heterocycles. The molecule has 0 aromatic heterocycles. The third-order valence-corrected chi connectivity index (χ3v) is 2.31. The van der Waals surface area contributed by atoms with E-state index in [1.807, 2.05) is 0 Å². The van der Waals surface area contributed by atoms with Crippen molar-refractivity contribution in [3.63, 3.8) is 0 Å². The Morgan fingerprint density at radius 1 is 1.62 bits per heavy atom. The van der Waals surface area contributed by atoms with Gasteiger partial charge in [0.1, 0.15) is 0 Å². The van der Waals surface area contributed by atoms with Gasteiger partial charge in [-0.2, -0.15) is 0 Å². The Morgan fingerprint density at radius 3 is 2.77 bits per heavy atom. The maximum Gasteiger partial charge on any atom is 0.272 e. The molecule has 1 rings (SSSR count). The zero-order valence-corrected chi connectivity index (χ0v) is 7.80. The number of hydrogen-bond donors (Lipinski definition) is 1. The third-order valence-electron chi connectivity index (χ3n) is 2.31. The first-order valence-corrected chi connectivity index (χ1v) is 4.41. The molecule has 1 aliphatic heterocycles. The quantitative estimate of drug-likeness (QED) is 0.699. The maximum atomic E-state index is 12.8. The predicted octanol–water partition coefficient (Wildman–Crippen LogP) is 0.301. The summed E-state index contributed by atoms with van der Waals surface area (Å²) in [7, 11) is 1.68. The summed E-state index contributed by atoms with van der Waals surface area (Å²) in [6.45, 7) is 0.350. The fourth-order valence-corrected chi connectivity index (χ4v) is 1.43. The first-order valence-electron chi connectivity index (χ1n) is 4.41. The number of likely N-dealkylation sites (N-methyl/N-ethyl adjacent to an activating group) is 1. The first kappa shape index (κ1) is 10.8. The molecule has 1 saturated heterocycles. The molecular formula is C8H16F2N2O. The number of hydrogen-bond acceptors (Lipinski definition) is 3. The van der Waals surface area contributed by atoms with Crippen LogP contribution >= 0.6 is 0 Å². The van der Waals surface area contributed by atoms with E-state index in [0.717, 1.165) is 6.42 Å². The Bertz CT molecular complexity index is 160. The Morgan fingerprint density at radius 2 is 2.31 bits per heavy atom. The largest absolute Gasteiger partial charge is 0.380 e. The van der Waals surface area contributed by atoms with E-state index < -0.39 is 12.5 Å². The fourth-order valence-electron chi connectivity index (χ4n) is 1.43. The van der Waals surface area contributed by atoms with E-state index in [0.29, 0.717) is 13.2 Å². The molecule has 13 heavy (non-hydrogen) atoms. The second kappa shape index (κ2) is 4.30. The Hall–Kier alpha value is -0.260. The van der Waals surface area contributed by atoms with Crippen LogP contribution in [0.4, 0.5) is 8.78 Å². The van der Waals surface area contributed by atoms with Gasteiger partial charge in [-0.1, -0.05) is 0 Å². The molecule has 78 valence electrons. The minimum Gasteiger partial charge on any atom is -0.380 e. The van der Waals surface area contributed by atoms with Crippen LogP contribution in [0.15, 0.2) is 0 Å². The molecular weight excluding hydrogens is 178 g/mol. The molecule has 1 unspecified atom stereocenters. The molecule has 2 N–H and O–H groups in total. The highest BCUT2D eigenvalue weighted by Crippen LogP contribution is 2.17. The van der Waals surface area contributed by atoms with Crippen LogP contribution in [0.25, 0.3) is 0 Å². The van der Waals surface area contributed by atoms with Crippen LogP contribution in [0.5, 0.6) is 0 Å². The van der Waals surface area contributed by atoms with Gasteiger partial charge in [0.25, 0.3) is 5.92 Å². The molecule has 0 bridgehead atoms. The molecule has 0 saturated carbocycles. The Balaban J connectivity index is 2.35. The van der Waals surface area contributed by atoms with E-state index in [1.54, 1.807) is 11.9 Å². The molecule has 0 aliphatic carbocycles. The molecule has 1 atom stereocenters. The van der Waals surface area contributed by atoms with Crippen molar-refractivity contribution in [1.82, 2.24) is 4.90 Å². The average molecular weight is 194 g/mol. The summed E-state index contributed by atoms with van der Waals surface area (Å²) >= 11 is 0. The molecule has 5 heteroatoms. The third kappa shape index (κ3) is 3.17. The molecule has 1 fully saturated rings. The summed E-state index contributed by atoms with van der Waals surface area (Å²) in [5.41, 5.74) is 4.95. The normalized spacial score (nSPS) is 24.2. The van der Waals surface area contributed by atoms with Crippen LogP contribution < -0.4 is 5.73 Å². The van der Waals surface area contributed by atoms with Crippen LogP contribution in [0.3, 0.4) is 0 Å². The van der Waals surface area contributed by atoms with E-state index in [4.69, 9.17) is 10.5 Å². The van der Waals surface area contributed by atoms with Gasteiger partial charge in [0.05, 0.1) is 19.7 Å². The lowest BCUT2D eigenvalue weighted by Crippen LogP contribution is -2.44. The fraction of sp³-hybridized carbons (Fsp3) is 1.00. The summed E-state index contributed by atoms with van der Waals surface area (Å²) in [6.07, 6.45) is 0.831. The van der Waals surface area contributed by atoms with Crippen molar-refractivity contribution >= 4 is 0 Å². The van der Waals surface area contributed by atoms with Crippen LogP contribution in [0.2, 0.25) is 0 Å². The van der Waals surface area contributed by atoms with Crippen molar-refractivity contribution in [2.75, 3.05) is 33.4 Å². The van der Waals surface area contributed by atoms with Crippen molar-refractivity contribution in [3.8, 4) is 0 Å². The number of nitrogens with zero attached hydrogens (tertiary/aromatic N) is 1. The summed E-state index contributed by atoms with van der Waals surface area (Å²) in [5.74, 6) is -2.78. The van der Waals surface area contributed by atoms with E-state index >= 15 is 0 Å². The van der Waals surface area contributed by atoms with Crippen LogP contribution in [0, 0.1) is 0 Å². The lowest BCUT2D eigenvalue weighted by Gasteiger charge is -2.26. The minimum atomic E-state index is -2.78. The number of ether oxygens (including phenoxy) is 1. The van der Waals surface area contributed by atoms with Gasteiger partial charge in [-0.05, 0) is 13.5 Å². The topological polar surface area (TPSA) is 38.5 Å². The number of nitrogens with two attached hydrogens (primary N) is 1. The summed E-state index contributed by atoms with van der Waals surface area (Å²) < 4.78 is 30.8. The van der Waals surface area contributed by atoms with Gasteiger partial charge in [-0.3, -0.25) is 4.90 Å². The Kier molecular flexibility index (Phi) is 3.58. The minimum absolute atomic E-state index is 0.123. The monoisotopic (exact) mass is 194 g/mol. The van der Waals surface area contributed by atoms with Gasteiger partial charge in [-0.15, -0.1) is 0 Å². The molecule has 0 aromatic rings. The molecule has 3 nitrogen and oxygen atoms in total. The van der Waals surface area contributed by atoms with Gasteiger partial charge >= 0.3 is 0 Å². The smallest absolute Gasteiger partial charge is 0.272 e. The van der Waals surface area contributed by atoms with Crippen molar-refractivity contribution < 1.29 is 13.5 Å². The number of rotatable bonds is 4. The van der Waals surface area contributed by atoms with Crippen molar-refractivity contribution in [2.24, 2.45) is 5.73 Å². The van der Waals surface area contributed by atoms with Gasteiger partial charge in [0, 0.05) is 12.6 Å². The molecule has 0 aromatic carbocycles. The van der Waals surface area contributed by atoms with E-state index in [9.17, 15) is 8.78 Å². The first-order chi connectivity index (χ1) is 6.05. The van der Waals surface area contributed by atoms with Crippen molar-refractivity contribution in [1.29, 1.82) is 0 Å². The van der Waals surface area contributed by atoms with E-state index in [-0.39, 0.29) is 12.6 Å². The van der Waals surface area contributed by atoms with Gasteiger partial charge in [0.15, 0.2) is 0 Å². The van der Waals surface area contributed by atoms with Crippen LogP contribution in [-0.4, -0.2) is 50.2 Å². The maximum absolute atomic E-state index is 12.8. The van der Waals surface area contributed by atoms with Crippen molar-refractivity contribution in [2.45, 2.75) is 18.4 Å². The zero-order valence-electron chi connectivity index (χ0n) is 7.80. The lowest BCUT2D eigenvalue weighted by atomic mass is 10.2. The standard InChI is InChI=1S/C8H16F2N2O/c1-12(6-8(9,10)5-11)7-2-3-13-4-7/h7H,2-6,11H2,1H3. The van der Waals surface area contributed by atoms with Crippen molar-refractivity contribution in [3.05, 3.63) is 0 Å². The summed E-state index contributed by atoms with van der Waals surface area (Å²) in [5, 5.41) is 0. The van der Waals surface area contributed by atoms with Crippen LogP contribution in [-0.2, 0) is 4.74 Å². The van der Waals surface area contributed by atoms with E-state index in [1.165, 1.54) is 0 Å². The lowest BCUT2D eigenvalue weighted by molar-refractivity contribution is -0.0274. The second-order valence-electron chi connectivity index (χ2n) is 3.49. The Labute approximate surface area is 76.8 Å². The molecule has 0 radical (unpaired) electrons. The van der Waals surface area contributed by atoms with Gasteiger partial charge in [-0.25, -0.2) is 8.78 Å². The van der Waals surface area contributed by atoms with Gasteiger partial charge in [0.2, 0.25) is 0 Å². The predicted molar refractivity (Wildman–Crippen MR) is 45.9 cm³/mol. The summed E-state index contributed by atoms with van der Waals surface area (Å²) in [4.78, 5) is 1.62. The summed E-state index contributed by atoms with van der Waals surface area (Å²) in [6, 6.07) is 0.123. The molecule has 0 amide bonds. The second-order valence-corrected chi connectivity index (χ2v) is 3.49. The number of halogens is 2. The average Bonchev–Trinajstić information content (AvgIpc) is 2.55. The molecule has 0 spiro atoms. The van der Waals surface area contributed by atoms with Crippen LogP contribution in [0.1, 0.15) is 6.42 Å². The molecule has 1 aliphatic rings. The highest BCUT2D eigenvalue weighted by atomic mass is 19.3. The van der Waals surface area contributed by atoms with E-state index in [2.05, 4.69) is 0 Å². The van der Waals surface area contributed by atoms with Gasteiger partial charge < -0.3 is 10.5 Å². The highest BCUT2D eigenvalue weighted by molar-refractivity contribution is 4.78. The SMILES string of the molecule is CN(CC(F)(F)CN)C1CCOC1. The number of alkyl halides is 2. The highest BCUT2D eigenvalue weighted by Gasteiger charge is 2.32.